The second-order valence-electron chi connectivity index (χ2n) is 1.24. The molecule has 0 rings (SSSR count). The second kappa shape index (κ2) is 29.4. The van der Waals surface area contributed by atoms with Crippen LogP contribution < -0.4 is 0 Å². The van der Waals surface area contributed by atoms with Crippen LogP contribution in [0, 0.1) is 0 Å². The van der Waals surface area contributed by atoms with Crippen molar-refractivity contribution in [1.29, 1.82) is 0 Å². The van der Waals surface area contributed by atoms with Crippen molar-refractivity contribution in [3.63, 3.8) is 0 Å². The van der Waals surface area contributed by atoms with Gasteiger partial charge < -0.3 is 19.7 Å². The first-order valence-electron chi connectivity index (χ1n) is 3.20. The van der Waals surface area contributed by atoms with Gasteiger partial charge in [0.25, 0.3) is 0 Å². The molecule has 0 unspecified atom stereocenters. The van der Waals surface area contributed by atoms with Gasteiger partial charge in [0.2, 0.25) is 0 Å². The summed E-state index contributed by atoms with van der Waals surface area (Å²) in [6, 6.07) is 0. The molecule has 0 spiro atoms. The Balaban J connectivity index is -0.0000000457. The van der Waals surface area contributed by atoms with Gasteiger partial charge in [-0.1, -0.05) is 0 Å². The van der Waals surface area contributed by atoms with Crippen molar-refractivity contribution < 1.29 is 19.7 Å². The van der Waals surface area contributed by atoms with Crippen molar-refractivity contribution in [1.82, 2.24) is 0 Å². The number of aliphatic hydroxyl groups is 2. The molecule has 0 aliphatic rings. The molecule has 0 aromatic carbocycles. The SMILES string of the molecule is CCOCO.CCOCO.[Al].[NaH]. The molecule has 69 valence electrons. The molecular formula is C6H17AlNaO4. The molecule has 6 heteroatoms. The number of rotatable bonds is 4. The molecule has 0 aliphatic heterocycles. The first-order valence-corrected chi connectivity index (χ1v) is 3.20. The average Bonchev–Trinajstić information content (AvgIpc) is 1.93. The first kappa shape index (κ1) is 23.3. The summed E-state index contributed by atoms with van der Waals surface area (Å²) >= 11 is 0. The molecule has 0 heterocycles. The van der Waals surface area contributed by atoms with Gasteiger partial charge in [-0.05, 0) is 13.8 Å². The molecule has 3 radical (unpaired) electrons. The Labute approximate surface area is 107 Å². The molecule has 0 aromatic rings. The molecule has 0 saturated carbocycles. The fourth-order valence-electron chi connectivity index (χ4n) is 0.183. The third-order valence-electron chi connectivity index (χ3n) is 0.591. The van der Waals surface area contributed by atoms with Crippen LogP contribution in [0.15, 0.2) is 0 Å². The van der Waals surface area contributed by atoms with Crippen LogP contribution in [-0.2, 0) is 9.47 Å². The third-order valence-corrected chi connectivity index (χ3v) is 0.591. The van der Waals surface area contributed by atoms with Gasteiger partial charge >= 0.3 is 29.6 Å². The van der Waals surface area contributed by atoms with Crippen LogP contribution in [0.1, 0.15) is 13.8 Å². The fourth-order valence-corrected chi connectivity index (χ4v) is 0.183. The maximum absolute atomic E-state index is 7.84. The van der Waals surface area contributed by atoms with E-state index >= 15 is 0 Å². The van der Waals surface area contributed by atoms with Gasteiger partial charge in [0.15, 0.2) is 0 Å². The molecule has 0 aromatic heterocycles. The average molecular weight is 203 g/mol. The van der Waals surface area contributed by atoms with E-state index in [9.17, 15) is 0 Å². The number of hydrogen-bond acceptors (Lipinski definition) is 4. The van der Waals surface area contributed by atoms with Crippen LogP contribution in [-0.4, -0.2) is 83.9 Å². The molecule has 0 bridgehead atoms. The summed E-state index contributed by atoms with van der Waals surface area (Å²) in [5.74, 6) is 0. The van der Waals surface area contributed by atoms with Crippen LogP contribution in [0.3, 0.4) is 0 Å². The zero-order valence-electron chi connectivity index (χ0n) is 7.12. The zero-order valence-corrected chi connectivity index (χ0v) is 8.27. The van der Waals surface area contributed by atoms with E-state index in [-0.39, 0.29) is 60.5 Å². The van der Waals surface area contributed by atoms with Gasteiger partial charge in [0, 0.05) is 30.6 Å². The van der Waals surface area contributed by atoms with Gasteiger partial charge in [-0.2, -0.15) is 0 Å². The van der Waals surface area contributed by atoms with Crippen molar-refractivity contribution in [3.05, 3.63) is 0 Å². The van der Waals surface area contributed by atoms with E-state index in [1.165, 1.54) is 0 Å². The first-order chi connectivity index (χ1) is 4.83. The van der Waals surface area contributed by atoms with Gasteiger partial charge in [0.05, 0.1) is 0 Å². The summed E-state index contributed by atoms with van der Waals surface area (Å²) in [5, 5.41) is 15.7. The number of ether oxygens (including phenoxy) is 2. The molecular weight excluding hydrogens is 186 g/mol. The van der Waals surface area contributed by atoms with Gasteiger partial charge in [0.1, 0.15) is 13.6 Å². The van der Waals surface area contributed by atoms with Crippen molar-refractivity contribution in [2.24, 2.45) is 0 Å². The predicted molar refractivity (Wildman–Crippen MR) is 50.3 cm³/mol. The molecule has 0 amide bonds. The standard InChI is InChI=1S/2C3H8O2.Al.Na.H/c2*1-2-5-3-4;;;/h2*4H,2-3H2,1H3;;;. The summed E-state index contributed by atoms with van der Waals surface area (Å²) in [6.07, 6.45) is 0. The second-order valence-corrected chi connectivity index (χ2v) is 1.24. The Hall–Kier alpha value is 1.37. The predicted octanol–water partition coefficient (Wildman–Crippen LogP) is -1.08. The van der Waals surface area contributed by atoms with Crippen molar-refractivity contribution in [2.75, 3.05) is 26.8 Å². The van der Waals surface area contributed by atoms with Crippen LogP contribution in [0.4, 0.5) is 0 Å². The molecule has 0 saturated heterocycles. The molecule has 0 fully saturated rings. The van der Waals surface area contributed by atoms with Crippen molar-refractivity contribution in [2.45, 2.75) is 13.8 Å². The van der Waals surface area contributed by atoms with E-state index < -0.39 is 0 Å². The van der Waals surface area contributed by atoms with E-state index in [1.54, 1.807) is 0 Å². The monoisotopic (exact) mass is 203 g/mol. The van der Waals surface area contributed by atoms with Crippen LogP contribution in [0.25, 0.3) is 0 Å². The van der Waals surface area contributed by atoms with E-state index in [1.807, 2.05) is 13.8 Å². The Morgan fingerprint density at radius 3 is 1.17 bits per heavy atom. The number of hydrogen-bond donors (Lipinski definition) is 2. The summed E-state index contributed by atoms with van der Waals surface area (Å²) in [5.41, 5.74) is 0. The maximum atomic E-state index is 7.84. The molecule has 2 N–H and O–H groups in total. The quantitative estimate of drug-likeness (QED) is 0.450. The van der Waals surface area contributed by atoms with Gasteiger partial charge in [-0.15, -0.1) is 0 Å². The Morgan fingerprint density at radius 2 is 1.17 bits per heavy atom. The van der Waals surface area contributed by atoms with E-state index in [0.29, 0.717) is 13.2 Å². The third kappa shape index (κ3) is 42.4. The Kier molecular flexibility index (Phi) is 57.2. The minimum atomic E-state index is -0.156. The van der Waals surface area contributed by atoms with E-state index in [0.717, 1.165) is 0 Å². The van der Waals surface area contributed by atoms with Gasteiger partial charge in [-0.25, -0.2) is 0 Å². The summed E-state index contributed by atoms with van der Waals surface area (Å²) in [4.78, 5) is 0. The molecule has 0 atom stereocenters. The van der Waals surface area contributed by atoms with Crippen LogP contribution in [0.5, 0.6) is 0 Å². The zero-order chi connectivity index (χ0) is 8.24. The van der Waals surface area contributed by atoms with Crippen LogP contribution in [0.2, 0.25) is 0 Å². The van der Waals surface area contributed by atoms with E-state index in [2.05, 4.69) is 9.47 Å². The number of aliphatic hydroxyl groups excluding tert-OH is 2. The summed E-state index contributed by atoms with van der Waals surface area (Å²) in [7, 11) is 0. The Bertz CT molecular complexity index is 40.5. The van der Waals surface area contributed by atoms with Crippen LogP contribution >= 0.6 is 0 Å². The molecule has 4 nitrogen and oxygen atoms in total. The Morgan fingerprint density at radius 1 is 0.917 bits per heavy atom. The van der Waals surface area contributed by atoms with E-state index in [4.69, 9.17) is 10.2 Å². The molecule has 12 heavy (non-hydrogen) atoms. The summed E-state index contributed by atoms with van der Waals surface area (Å²) < 4.78 is 8.78. The summed E-state index contributed by atoms with van der Waals surface area (Å²) in [6.45, 7) is 4.53. The fraction of sp³-hybridized carbons (Fsp3) is 1.00. The molecule has 0 aliphatic carbocycles. The van der Waals surface area contributed by atoms with Crippen molar-refractivity contribution >= 4 is 46.9 Å². The topological polar surface area (TPSA) is 58.9 Å². The normalized spacial score (nSPS) is 7.00. The van der Waals surface area contributed by atoms with Gasteiger partial charge in [-0.3, -0.25) is 0 Å². The minimum absolute atomic E-state index is 0. The van der Waals surface area contributed by atoms with Crippen molar-refractivity contribution in [3.8, 4) is 0 Å².